The van der Waals surface area contributed by atoms with Crippen LogP contribution in [0, 0.1) is 0 Å². The molecule has 3 heteroatoms. The molecular formula is C17H22N2O. The maximum absolute atomic E-state index is 5.21. The van der Waals surface area contributed by atoms with E-state index < -0.39 is 0 Å². The van der Waals surface area contributed by atoms with Crippen molar-refractivity contribution in [3.63, 3.8) is 0 Å². The molecule has 0 radical (unpaired) electrons. The van der Waals surface area contributed by atoms with Crippen LogP contribution >= 0.6 is 0 Å². The third kappa shape index (κ3) is 2.94. The van der Waals surface area contributed by atoms with Crippen molar-refractivity contribution in [2.24, 2.45) is 0 Å². The minimum absolute atomic E-state index is 0.198. The average molecular weight is 270 g/mol. The molecule has 0 amide bonds. The van der Waals surface area contributed by atoms with Gasteiger partial charge in [-0.2, -0.15) is 0 Å². The number of hydrogen-bond acceptors (Lipinski definition) is 3. The molecule has 106 valence electrons. The summed E-state index contributed by atoms with van der Waals surface area (Å²) in [5, 5.41) is 2.15. The molecule has 0 fully saturated rings. The van der Waals surface area contributed by atoms with Crippen LogP contribution in [0.3, 0.4) is 0 Å². The van der Waals surface area contributed by atoms with Crippen LogP contribution in [0.4, 0.5) is 5.69 Å². The molecule has 0 spiro atoms. The predicted octanol–water partition coefficient (Wildman–Crippen LogP) is 3.47. The van der Waals surface area contributed by atoms with Crippen molar-refractivity contribution in [3.05, 3.63) is 59.7 Å². The van der Waals surface area contributed by atoms with Gasteiger partial charge in [0.2, 0.25) is 0 Å². The lowest BCUT2D eigenvalue weighted by molar-refractivity contribution is 0.414. The Labute approximate surface area is 121 Å². The van der Waals surface area contributed by atoms with E-state index in [4.69, 9.17) is 4.74 Å². The van der Waals surface area contributed by atoms with E-state index in [0.29, 0.717) is 0 Å². The van der Waals surface area contributed by atoms with Crippen LogP contribution < -0.4 is 15.2 Å². The van der Waals surface area contributed by atoms with E-state index in [1.807, 2.05) is 19.2 Å². The summed E-state index contributed by atoms with van der Waals surface area (Å²) in [7, 11) is 3.62. The maximum Gasteiger partial charge on any atom is 0.119 e. The monoisotopic (exact) mass is 270 g/mol. The van der Waals surface area contributed by atoms with Crippen LogP contribution in [0.2, 0.25) is 0 Å². The first-order valence-corrected chi connectivity index (χ1v) is 6.80. The fourth-order valence-electron chi connectivity index (χ4n) is 2.39. The van der Waals surface area contributed by atoms with Gasteiger partial charge < -0.3 is 4.74 Å². The fourth-order valence-corrected chi connectivity index (χ4v) is 2.39. The van der Waals surface area contributed by atoms with Crippen molar-refractivity contribution >= 4 is 5.69 Å². The molecule has 0 aliphatic heterocycles. The van der Waals surface area contributed by atoms with Gasteiger partial charge in [0.25, 0.3) is 0 Å². The Morgan fingerprint density at radius 2 is 1.85 bits per heavy atom. The number of ether oxygens (including phenoxy) is 1. The lowest BCUT2D eigenvalue weighted by Gasteiger charge is -2.33. The van der Waals surface area contributed by atoms with E-state index in [1.54, 1.807) is 7.11 Å². The van der Waals surface area contributed by atoms with Crippen LogP contribution in [0.1, 0.15) is 13.8 Å². The van der Waals surface area contributed by atoms with E-state index >= 15 is 0 Å². The van der Waals surface area contributed by atoms with Crippen molar-refractivity contribution in [1.29, 1.82) is 0 Å². The van der Waals surface area contributed by atoms with Gasteiger partial charge in [0, 0.05) is 7.05 Å². The summed E-state index contributed by atoms with van der Waals surface area (Å²) in [6.45, 7) is 4.29. The van der Waals surface area contributed by atoms with E-state index in [-0.39, 0.29) is 6.04 Å². The Morgan fingerprint density at radius 1 is 1.15 bits per heavy atom. The molecule has 0 saturated carbocycles. The topological polar surface area (TPSA) is 24.5 Å². The van der Waals surface area contributed by atoms with Crippen LogP contribution in [0.25, 0.3) is 0 Å². The van der Waals surface area contributed by atoms with E-state index in [9.17, 15) is 0 Å². The molecule has 20 heavy (non-hydrogen) atoms. The Morgan fingerprint density at radius 3 is 2.40 bits per heavy atom. The first-order valence-electron chi connectivity index (χ1n) is 6.80. The third-order valence-corrected chi connectivity index (χ3v) is 3.45. The van der Waals surface area contributed by atoms with Crippen molar-refractivity contribution in [3.8, 4) is 5.75 Å². The second kappa shape index (κ2) is 6.44. The summed E-state index contributed by atoms with van der Waals surface area (Å²) in [4.78, 5) is 0. The van der Waals surface area contributed by atoms with Crippen LogP contribution in [-0.2, 0) is 0 Å². The summed E-state index contributed by atoms with van der Waals surface area (Å²) in [6.07, 6.45) is 8.54. The predicted molar refractivity (Wildman–Crippen MR) is 85.0 cm³/mol. The summed E-state index contributed by atoms with van der Waals surface area (Å²) < 4.78 is 5.21. The second-order valence-corrected chi connectivity index (χ2v) is 4.94. The molecule has 3 nitrogen and oxygen atoms in total. The first kappa shape index (κ1) is 14.4. The number of anilines is 1. The lowest BCUT2D eigenvalue weighted by Crippen LogP contribution is -2.44. The lowest BCUT2D eigenvalue weighted by atomic mass is 9.97. The highest BCUT2D eigenvalue weighted by Gasteiger charge is 2.20. The van der Waals surface area contributed by atoms with Gasteiger partial charge in [-0.25, -0.2) is 5.43 Å². The van der Waals surface area contributed by atoms with Gasteiger partial charge in [0.05, 0.1) is 18.8 Å². The molecule has 1 aromatic carbocycles. The van der Waals surface area contributed by atoms with Gasteiger partial charge in [-0.1, -0.05) is 29.9 Å². The van der Waals surface area contributed by atoms with Gasteiger partial charge in [-0.3, -0.25) is 5.01 Å². The molecule has 1 N–H and O–H groups in total. The number of rotatable bonds is 4. The Kier molecular flexibility index (Phi) is 4.64. The van der Waals surface area contributed by atoms with Crippen molar-refractivity contribution < 1.29 is 4.74 Å². The second-order valence-electron chi connectivity index (χ2n) is 4.94. The molecule has 1 aliphatic carbocycles. The van der Waals surface area contributed by atoms with Gasteiger partial charge in [0.15, 0.2) is 0 Å². The molecule has 1 atom stereocenters. The number of hydrogen-bond donors (Lipinski definition) is 1. The highest BCUT2D eigenvalue weighted by molar-refractivity contribution is 5.55. The number of benzene rings is 1. The number of methoxy groups -OCH3 is 1. The molecule has 1 aromatic rings. The molecule has 0 saturated heterocycles. The van der Waals surface area contributed by atoms with Crippen molar-refractivity contribution in [2.45, 2.75) is 19.9 Å². The number of hydrazine groups is 1. The third-order valence-electron chi connectivity index (χ3n) is 3.45. The molecule has 0 aromatic heterocycles. The standard InChI is InChI=1S/C17H22N2O/c1-13(2)16-7-5-6-8-17(16)19(18-3)14-9-11-15(20-4)12-10-14/h5-12,17-18H,1-4H3. The zero-order chi connectivity index (χ0) is 14.5. The average Bonchev–Trinajstić information content (AvgIpc) is 2.49. The van der Waals surface area contributed by atoms with Gasteiger partial charge in [-0.05, 0) is 43.7 Å². The van der Waals surface area contributed by atoms with Gasteiger partial charge in [0.1, 0.15) is 5.75 Å². The van der Waals surface area contributed by atoms with Crippen LogP contribution in [-0.4, -0.2) is 20.2 Å². The largest absolute Gasteiger partial charge is 0.497 e. The smallest absolute Gasteiger partial charge is 0.119 e. The van der Waals surface area contributed by atoms with E-state index in [2.05, 4.69) is 60.7 Å². The van der Waals surface area contributed by atoms with Gasteiger partial charge in [-0.15, -0.1) is 0 Å². The molecule has 0 bridgehead atoms. The Hall–Kier alpha value is -2.00. The quantitative estimate of drug-likeness (QED) is 0.848. The Bertz CT molecular complexity index is 537. The number of allylic oxidation sites excluding steroid dienone is 3. The highest BCUT2D eigenvalue weighted by atomic mass is 16.5. The van der Waals surface area contributed by atoms with Crippen LogP contribution in [0.15, 0.2) is 59.7 Å². The number of nitrogens with one attached hydrogen (secondary N) is 1. The van der Waals surface area contributed by atoms with Gasteiger partial charge >= 0.3 is 0 Å². The normalized spacial score (nSPS) is 17.2. The minimum Gasteiger partial charge on any atom is -0.497 e. The highest BCUT2D eigenvalue weighted by Crippen LogP contribution is 2.26. The SMILES string of the molecule is CNN(c1ccc(OC)cc1)C1C=CC=CC1=C(C)C. The number of nitrogens with zero attached hydrogens (tertiary/aromatic N) is 1. The van der Waals surface area contributed by atoms with E-state index in [1.165, 1.54) is 11.1 Å². The zero-order valence-electron chi connectivity index (χ0n) is 12.6. The molecule has 0 heterocycles. The summed E-state index contributed by atoms with van der Waals surface area (Å²) in [5.41, 5.74) is 7.03. The molecular weight excluding hydrogens is 248 g/mol. The Balaban J connectivity index is 2.33. The summed E-state index contributed by atoms with van der Waals surface area (Å²) >= 11 is 0. The molecule has 1 aliphatic rings. The first-order chi connectivity index (χ1) is 9.67. The molecule has 1 unspecified atom stereocenters. The maximum atomic E-state index is 5.21. The minimum atomic E-state index is 0.198. The van der Waals surface area contributed by atoms with Crippen molar-refractivity contribution in [1.82, 2.24) is 5.43 Å². The van der Waals surface area contributed by atoms with Crippen LogP contribution in [0.5, 0.6) is 5.75 Å². The van der Waals surface area contributed by atoms with Crippen molar-refractivity contribution in [2.75, 3.05) is 19.2 Å². The summed E-state index contributed by atoms with van der Waals surface area (Å²) in [5.74, 6) is 0.867. The van der Waals surface area contributed by atoms with E-state index in [0.717, 1.165) is 11.4 Å². The fraction of sp³-hybridized carbons (Fsp3) is 0.294. The zero-order valence-corrected chi connectivity index (χ0v) is 12.6. The summed E-state index contributed by atoms with van der Waals surface area (Å²) in [6, 6.07) is 8.27. The molecule has 2 rings (SSSR count).